The maximum Gasteiger partial charge on any atom is 0.416 e. The molecule has 1 heterocycles. The van der Waals surface area contributed by atoms with Crippen molar-refractivity contribution in [2.45, 2.75) is 11.6 Å². The molecule has 11 heteroatoms. The minimum atomic E-state index is -4.55. The number of halogens is 3. The smallest absolute Gasteiger partial charge is 0.326 e. The number of rotatable bonds is 5. The summed E-state index contributed by atoms with van der Waals surface area (Å²) in [5, 5.41) is 1.04. The van der Waals surface area contributed by atoms with Crippen LogP contribution < -0.4 is 20.9 Å². The van der Waals surface area contributed by atoms with Crippen molar-refractivity contribution in [2.75, 3.05) is 16.6 Å². The van der Waals surface area contributed by atoms with Gasteiger partial charge >= 0.3 is 6.18 Å². The molecule has 2 atom stereocenters. The van der Waals surface area contributed by atoms with Crippen molar-refractivity contribution in [1.29, 1.82) is 0 Å². The fourth-order valence-electron chi connectivity index (χ4n) is 2.74. The lowest BCUT2D eigenvalue weighted by Crippen LogP contribution is -2.45. The lowest BCUT2D eigenvalue weighted by atomic mass is 10.1. The first-order valence-corrected chi connectivity index (χ1v) is 9.75. The Balaban J connectivity index is 1.74. The monoisotopic (exact) mass is 414 g/mol. The minimum Gasteiger partial charge on any atom is -0.326 e. The van der Waals surface area contributed by atoms with Gasteiger partial charge in [0.05, 0.1) is 11.5 Å². The number of benzene rings is 2. The molecule has 150 valence electrons. The summed E-state index contributed by atoms with van der Waals surface area (Å²) >= 11 is 0. The number of carbonyl (C=O) groups excluding carboxylic acids is 1. The molecular weight excluding hydrogens is 397 g/mol. The number of alkyl halides is 3. The molecule has 2 aromatic rings. The van der Waals surface area contributed by atoms with Gasteiger partial charge in [0.2, 0.25) is 5.91 Å². The van der Waals surface area contributed by atoms with Crippen LogP contribution in [-0.4, -0.2) is 26.2 Å². The van der Waals surface area contributed by atoms with Gasteiger partial charge in [-0.2, -0.15) is 13.2 Å². The van der Waals surface area contributed by atoms with Gasteiger partial charge in [0, 0.05) is 17.9 Å². The second-order valence-corrected chi connectivity index (χ2v) is 7.94. The average molecular weight is 414 g/mol. The molecule has 2 unspecified atom stereocenters. The van der Waals surface area contributed by atoms with Crippen LogP contribution in [0.1, 0.15) is 5.56 Å². The first-order valence-electron chi connectivity index (χ1n) is 8.20. The van der Waals surface area contributed by atoms with Crippen molar-refractivity contribution in [1.82, 2.24) is 10.9 Å². The largest absolute Gasteiger partial charge is 0.416 e. The number of sulfonamides is 1. The van der Waals surface area contributed by atoms with Gasteiger partial charge in [0.15, 0.2) is 5.37 Å². The molecule has 0 bridgehead atoms. The van der Waals surface area contributed by atoms with Crippen LogP contribution in [-0.2, 0) is 21.0 Å². The van der Waals surface area contributed by atoms with E-state index in [4.69, 9.17) is 0 Å². The number of carbonyl (C=O) groups is 1. The third kappa shape index (κ3) is 4.61. The van der Waals surface area contributed by atoms with E-state index in [0.29, 0.717) is 5.69 Å². The van der Waals surface area contributed by atoms with E-state index in [1.165, 1.54) is 6.07 Å². The van der Waals surface area contributed by atoms with E-state index in [2.05, 4.69) is 20.9 Å². The number of para-hydroxylation sites is 1. The molecule has 1 saturated heterocycles. The van der Waals surface area contributed by atoms with E-state index in [-0.39, 0.29) is 12.2 Å². The van der Waals surface area contributed by atoms with Crippen LogP contribution in [0.3, 0.4) is 0 Å². The second kappa shape index (κ2) is 7.78. The minimum absolute atomic E-state index is 0.00877. The van der Waals surface area contributed by atoms with Gasteiger partial charge in [0.1, 0.15) is 0 Å². The number of hydrogen-bond donors (Lipinski definition) is 4. The molecule has 1 aliphatic heterocycles. The molecule has 0 aliphatic carbocycles. The van der Waals surface area contributed by atoms with Crippen LogP contribution in [0, 0.1) is 5.92 Å². The Labute approximate surface area is 159 Å². The van der Waals surface area contributed by atoms with Crippen molar-refractivity contribution < 1.29 is 26.4 Å². The van der Waals surface area contributed by atoms with E-state index < -0.39 is 39.0 Å². The highest BCUT2D eigenvalue weighted by Gasteiger charge is 2.42. The number of nitrogens with one attached hydrogen (secondary N) is 4. The standard InChI is InChI=1S/C17H17F3N4O3S/c18-17(19,20)11-5-4-8-13(9-11)22-15(25)14-10-21-23-16(14)28(26,27)24-12-6-2-1-3-7-12/h1-9,14,16,21,23-24H,10H2,(H,22,25). The van der Waals surface area contributed by atoms with Gasteiger partial charge in [0.25, 0.3) is 10.0 Å². The normalized spacial score (nSPS) is 20.0. The van der Waals surface area contributed by atoms with E-state index in [1.807, 2.05) is 0 Å². The van der Waals surface area contributed by atoms with Gasteiger partial charge in [-0.05, 0) is 30.3 Å². The van der Waals surface area contributed by atoms with Gasteiger partial charge in [-0.25, -0.2) is 13.8 Å². The first-order chi connectivity index (χ1) is 13.2. The molecule has 28 heavy (non-hydrogen) atoms. The summed E-state index contributed by atoms with van der Waals surface area (Å²) in [5.41, 5.74) is 4.48. The van der Waals surface area contributed by atoms with Crippen LogP contribution >= 0.6 is 0 Å². The van der Waals surface area contributed by atoms with Gasteiger partial charge in [-0.1, -0.05) is 24.3 Å². The molecule has 7 nitrogen and oxygen atoms in total. The summed E-state index contributed by atoms with van der Waals surface area (Å²) in [5.74, 6) is -1.78. The molecule has 0 spiro atoms. The lowest BCUT2D eigenvalue weighted by molar-refractivity contribution is -0.137. The first kappa shape index (κ1) is 20.1. The molecule has 4 N–H and O–H groups in total. The molecule has 2 aromatic carbocycles. The quantitative estimate of drug-likeness (QED) is 0.601. The van der Waals surface area contributed by atoms with Crippen LogP contribution in [0.15, 0.2) is 54.6 Å². The predicted octanol–water partition coefficient (Wildman–Crippen LogP) is 2.14. The van der Waals surface area contributed by atoms with Crippen molar-refractivity contribution in [3.8, 4) is 0 Å². The zero-order valence-electron chi connectivity index (χ0n) is 14.3. The van der Waals surface area contributed by atoms with Crippen molar-refractivity contribution in [3.05, 3.63) is 60.2 Å². The highest BCUT2D eigenvalue weighted by molar-refractivity contribution is 7.93. The van der Waals surface area contributed by atoms with Crippen molar-refractivity contribution >= 4 is 27.3 Å². The van der Waals surface area contributed by atoms with E-state index in [0.717, 1.165) is 18.2 Å². The van der Waals surface area contributed by atoms with Gasteiger partial charge in [-0.3, -0.25) is 14.9 Å². The number of hydrazine groups is 1. The highest BCUT2D eigenvalue weighted by atomic mass is 32.2. The summed E-state index contributed by atoms with van der Waals surface area (Å²) < 4.78 is 66.0. The summed E-state index contributed by atoms with van der Waals surface area (Å²) in [6.45, 7) is -0.00877. The van der Waals surface area contributed by atoms with Gasteiger partial charge in [-0.15, -0.1) is 0 Å². The summed E-state index contributed by atoms with van der Waals surface area (Å²) in [6.07, 6.45) is -4.55. The maximum atomic E-state index is 12.8. The lowest BCUT2D eigenvalue weighted by Gasteiger charge is -2.19. The van der Waals surface area contributed by atoms with Crippen LogP contribution in [0.4, 0.5) is 24.5 Å². The summed E-state index contributed by atoms with van der Waals surface area (Å²) in [7, 11) is -4.00. The highest BCUT2D eigenvalue weighted by Crippen LogP contribution is 2.31. The molecule has 3 rings (SSSR count). The zero-order valence-corrected chi connectivity index (χ0v) is 15.1. The Hall–Kier alpha value is -2.63. The summed E-state index contributed by atoms with van der Waals surface area (Å²) in [6, 6.07) is 12.3. The average Bonchev–Trinajstić information content (AvgIpc) is 3.13. The van der Waals surface area contributed by atoms with Crippen molar-refractivity contribution in [3.63, 3.8) is 0 Å². The van der Waals surface area contributed by atoms with E-state index in [1.54, 1.807) is 30.3 Å². The predicted molar refractivity (Wildman–Crippen MR) is 97.5 cm³/mol. The Morgan fingerprint density at radius 2 is 1.71 bits per heavy atom. The van der Waals surface area contributed by atoms with Crippen LogP contribution in [0.5, 0.6) is 0 Å². The van der Waals surface area contributed by atoms with E-state index >= 15 is 0 Å². The Bertz CT molecular complexity index is 952. The molecule has 0 radical (unpaired) electrons. The van der Waals surface area contributed by atoms with Crippen LogP contribution in [0.2, 0.25) is 0 Å². The molecular formula is C17H17F3N4O3S. The summed E-state index contributed by atoms with van der Waals surface area (Å²) in [4.78, 5) is 12.5. The molecule has 1 amide bonds. The number of amides is 1. The Kier molecular flexibility index (Phi) is 5.59. The fourth-order valence-corrected chi connectivity index (χ4v) is 4.23. The zero-order chi connectivity index (χ0) is 20.4. The molecule has 1 fully saturated rings. The third-order valence-electron chi connectivity index (χ3n) is 4.09. The SMILES string of the molecule is O=C(Nc1cccc(C(F)(F)F)c1)C1CNNC1S(=O)(=O)Nc1ccccc1. The fraction of sp³-hybridized carbons (Fsp3) is 0.235. The van der Waals surface area contributed by atoms with Gasteiger partial charge < -0.3 is 5.32 Å². The third-order valence-corrected chi connectivity index (χ3v) is 5.73. The molecule has 0 aromatic heterocycles. The molecule has 0 saturated carbocycles. The van der Waals surface area contributed by atoms with E-state index in [9.17, 15) is 26.4 Å². The number of hydrogen-bond acceptors (Lipinski definition) is 5. The second-order valence-electron chi connectivity index (χ2n) is 6.13. The maximum absolute atomic E-state index is 12.8. The van der Waals surface area contributed by atoms with Crippen molar-refractivity contribution in [2.24, 2.45) is 5.92 Å². The Morgan fingerprint density at radius 1 is 1.04 bits per heavy atom. The van der Waals surface area contributed by atoms with Crippen LogP contribution in [0.25, 0.3) is 0 Å². The Morgan fingerprint density at radius 3 is 2.39 bits per heavy atom. The molecule has 1 aliphatic rings. The number of anilines is 2. The topological polar surface area (TPSA) is 99.3 Å².